The van der Waals surface area contributed by atoms with E-state index in [0.29, 0.717) is 15.6 Å². The van der Waals surface area contributed by atoms with Gasteiger partial charge >= 0.3 is 5.97 Å². The van der Waals surface area contributed by atoms with Gasteiger partial charge in [-0.05, 0) is 43.0 Å². The van der Waals surface area contributed by atoms with Crippen molar-refractivity contribution in [3.05, 3.63) is 51.5 Å². The second-order valence-electron chi connectivity index (χ2n) is 5.73. The average Bonchev–Trinajstić information content (AvgIpc) is 3.20. The van der Waals surface area contributed by atoms with E-state index < -0.39 is 29.7 Å². The fourth-order valence-electron chi connectivity index (χ4n) is 2.53. The quantitative estimate of drug-likeness (QED) is 0.631. The highest BCUT2D eigenvalue weighted by Crippen LogP contribution is 2.33. The molecule has 140 valence electrons. The SMILES string of the molecule is Cc1c(C(=O)O[C@@H](C)C(=O)Nc2sccc2C(N)=O)sc2cccc(F)c12. The highest BCUT2D eigenvalue weighted by Gasteiger charge is 2.24. The summed E-state index contributed by atoms with van der Waals surface area (Å²) in [6.45, 7) is 3.04. The van der Waals surface area contributed by atoms with Crippen molar-refractivity contribution in [2.75, 3.05) is 5.32 Å². The largest absolute Gasteiger partial charge is 0.448 e. The number of carbonyl (C=O) groups excluding carboxylic acids is 3. The highest BCUT2D eigenvalue weighted by atomic mass is 32.1. The molecule has 6 nitrogen and oxygen atoms in total. The number of ether oxygens (including phenoxy) is 1. The first-order chi connectivity index (χ1) is 12.8. The Hall–Kier alpha value is -2.78. The summed E-state index contributed by atoms with van der Waals surface area (Å²) >= 11 is 2.24. The summed E-state index contributed by atoms with van der Waals surface area (Å²) in [6.07, 6.45) is -1.12. The molecule has 0 aliphatic heterocycles. The number of rotatable bonds is 5. The molecule has 0 unspecified atom stereocenters. The maximum atomic E-state index is 14.0. The third kappa shape index (κ3) is 3.69. The fraction of sp³-hybridized carbons (Fsp3) is 0.167. The normalized spacial score (nSPS) is 12.0. The zero-order valence-electron chi connectivity index (χ0n) is 14.4. The van der Waals surface area contributed by atoms with Gasteiger partial charge in [0.05, 0.1) is 5.56 Å². The summed E-state index contributed by atoms with van der Waals surface area (Å²) in [5.41, 5.74) is 5.89. The lowest BCUT2D eigenvalue weighted by Crippen LogP contribution is -2.30. The molecule has 0 radical (unpaired) electrons. The van der Waals surface area contributed by atoms with Gasteiger partial charge < -0.3 is 15.8 Å². The van der Waals surface area contributed by atoms with Gasteiger partial charge in [-0.25, -0.2) is 9.18 Å². The lowest BCUT2D eigenvalue weighted by molar-refractivity contribution is -0.123. The van der Waals surface area contributed by atoms with E-state index in [1.807, 2.05) is 0 Å². The summed E-state index contributed by atoms with van der Waals surface area (Å²) < 4.78 is 19.8. The lowest BCUT2D eigenvalue weighted by Gasteiger charge is -2.13. The minimum absolute atomic E-state index is 0.183. The van der Waals surface area contributed by atoms with Crippen molar-refractivity contribution < 1.29 is 23.5 Å². The number of fused-ring (bicyclic) bond motifs is 1. The Kier molecular flexibility index (Phi) is 5.24. The van der Waals surface area contributed by atoms with Crippen LogP contribution in [0.15, 0.2) is 29.6 Å². The van der Waals surface area contributed by atoms with Crippen LogP contribution in [0, 0.1) is 12.7 Å². The number of aryl methyl sites for hydroxylation is 1. The number of benzene rings is 1. The molecule has 1 aromatic carbocycles. The summed E-state index contributed by atoms with van der Waals surface area (Å²) in [7, 11) is 0. The van der Waals surface area contributed by atoms with E-state index in [-0.39, 0.29) is 15.4 Å². The molecule has 0 bridgehead atoms. The molecule has 0 aliphatic carbocycles. The first kappa shape index (κ1) is 19.0. The highest BCUT2D eigenvalue weighted by molar-refractivity contribution is 7.21. The van der Waals surface area contributed by atoms with E-state index in [2.05, 4.69) is 5.32 Å². The summed E-state index contributed by atoms with van der Waals surface area (Å²) in [6, 6.07) is 6.10. The maximum absolute atomic E-state index is 14.0. The number of esters is 1. The number of primary amides is 1. The van der Waals surface area contributed by atoms with Crippen molar-refractivity contribution in [3.8, 4) is 0 Å². The molecule has 0 aliphatic rings. The van der Waals surface area contributed by atoms with Gasteiger partial charge in [-0.1, -0.05) is 6.07 Å². The Labute approximate surface area is 161 Å². The minimum Gasteiger partial charge on any atom is -0.448 e. The number of nitrogens with two attached hydrogens (primary N) is 1. The van der Waals surface area contributed by atoms with Crippen molar-refractivity contribution in [2.24, 2.45) is 5.73 Å². The third-order valence-electron chi connectivity index (χ3n) is 3.91. The van der Waals surface area contributed by atoms with Crippen LogP contribution in [-0.4, -0.2) is 23.9 Å². The second-order valence-corrected chi connectivity index (χ2v) is 7.70. The smallest absolute Gasteiger partial charge is 0.349 e. The number of hydrogen-bond donors (Lipinski definition) is 2. The molecule has 2 amide bonds. The molecular weight excluding hydrogens is 391 g/mol. The zero-order valence-corrected chi connectivity index (χ0v) is 16.0. The van der Waals surface area contributed by atoms with Gasteiger partial charge in [0.15, 0.2) is 6.10 Å². The molecule has 3 rings (SSSR count). The predicted octanol–water partition coefficient (Wildman–Crippen LogP) is 3.69. The lowest BCUT2D eigenvalue weighted by atomic mass is 10.1. The van der Waals surface area contributed by atoms with Crippen LogP contribution in [0.2, 0.25) is 0 Å². The van der Waals surface area contributed by atoms with Crippen LogP contribution in [-0.2, 0) is 9.53 Å². The summed E-state index contributed by atoms with van der Waals surface area (Å²) in [5.74, 6) is -2.39. The topological polar surface area (TPSA) is 98.5 Å². The van der Waals surface area contributed by atoms with Crippen molar-refractivity contribution in [1.29, 1.82) is 0 Å². The standard InChI is InChI=1S/C18H15FN2O4S2/c1-8-13-11(19)4-3-5-12(13)27-14(8)18(24)25-9(2)16(23)21-17-10(15(20)22)6-7-26-17/h3-7,9H,1-2H3,(H2,20,22)(H,21,23)/t9-/m0/s1. The molecule has 2 heterocycles. The van der Waals surface area contributed by atoms with Gasteiger partial charge in [0.1, 0.15) is 15.7 Å². The Balaban J connectivity index is 1.75. The Morgan fingerprint density at radius 2 is 2.00 bits per heavy atom. The van der Waals surface area contributed by atoms with Crippen molar-refractivity contribution in [2.45, 2.75) is 20.0 Å². The van der Waals surface area contributed by atoms with Crippen LogP contribution in [0.25, 0.3) is 10.1 Å². The second kappa shape index (κ2) is 7.45. The van der Waals surface area contributed by atoms with E-state index >= 15 is 0 Å². The first-order valence-corrected chi connectivity index (χ1v) is 9.56. The van der Waals surface area contributed by atoms with Crippen LogP contribution in [0.1, 0.15) is 32.5 Å². The minimum atomic E-state index is -1.12. The van der Waals surface area contributed by atoms with Crippen molar-refractivity contribution >= 4 is 55.5 Å². The molecule has 3 aromatic rings. The molecule has 9 heteroatoms. The van der Waals surface area contributed by atoms with Gasteiger partial charge in [0.2, 0.25) is 0 Å². The third-order valence-corrected chi connectivity index (χ3v) is 5.98. The molecule has 27 heavy (non-hydrogen) atoms. The van der Waals surface area contributed by atoms with Crippen LogP contribution in [0.3, 0.4) is 0 Å². The Bertz CT molecular complexity index is 1060. The van der Waals surface area contributed by atoms with Gasteiger partial charge in [0, 0.05) is 10.1 Å². The number of halogens is 1. The molecule has 0 saturated carbocycles. The van der Waals surface area contributed by atoms with Crippen LogP contribution in [0.5, 0.6) is 0 Å². The number of nitrogens with one attached hydrogen (secondary N) is 1. The molecule has 0 fully saturated rings. The number of anilines is 1. The van der Waals surface area contributed by atoms with E-state index in [4.69, 9.17) is 10.5 Å². The van der Waals surface area contributed by atoms with Gasteiger partial charge in [-0.2, -0.15) is 0 Å². The molecule has 0 saturated heterocycles. The van der Waals surface area contributed by atoms with Crippen LogP contribution in [0.4, 0.5) is 9.39 Å². The van der Waals surface area contributed by atoms with Crippen LogP contribution < -0.4 is 11.1 Å². The predicted molar refractivity (Wildman–Crippen MR) is 103 cm³/mol. The van der Waals surface area contributed by atoms with Crippen molar-refractivity contribution in [3.63, 3.8) is 0 Å². The first-order valence-electron chi connectivity index (χ1n) is 7.86. The molecular formula is C18H15FN2O4S2. The molecule has 0 spiro atoms. The summed E-state index contributed by atoms with van der Waals surface area (Å²) in [5, 5.41) is 4.80. The number of amides is 2. The van der Waals surface area contributed by atoms with E-state index in [0.717, 1.165) is 22.7 Å². The van der Waals surface area contributed by atoms with E-state index in [9.17, 15) is 18.8 Å². The fourth-order valence-corrected chi connectivity index (χ4v) is 4.43. The number of thiophene rings is 2. The van der Waals surface area contributed by atoms with E-state index in [1.54, 1.807) is 24.4 Å². The molecule has 2 aromatic heterocycles. The summed E-state index contributed by atoms with van der Waals surface area (Å²) in [4.78, 5) is 36.3. The van der Waals surface area contributed by atoms with Crippen LogP contribution >= 0.6 is 22.7 Å². The molecule has 1 atom stereocenters. The number of carbonyl (C=O) groups is 3. The van der Waals surface area contributed by atoms with E-state index in [1.165, 1.54) is 19.1 Å². The molecule has 3 N–H and O–H groups in total. The maximum Gasteiger partial charge on any atom is 0.349 e. The average molecular weight is 406 g/mol. The van der Waals surface area contributed by atoms with Gasteiger partial charge in [-0.15, -0.1) is 22.7 Å². The Morgan fingerprint density at radius 1 is 1.26 bits per heavy atom. The Morgan fingerprint density at radius 3 is 2.67 bits per heavy atom. The van der Waals surface area contributed by atoms with Gasteiger partial charge in [-0.3, -0.25) is 9.59 Å². The monoisotopic (exact) mass is 406 g/mol. The van der Waals surface area contributed by atoms with Crippen molar-refractivity contribution in [1.82, 2.24) is 0 Å². The zero-order chi connectivity index (χ0) is 19.7. The number of hydrogen-bond acceptors (Lipinski definition) is 6. The van der Waals surface area contributed by atoms with Gasteiger partial charge in [0.25, 0.3) is 11.8 Å².